The number of H-pyrrole nitrogens is 1. The van der Waals surface area contributed by atoms with E-state index in [-0.39, 0.29) is 23.0 Å². The van der Waals surface area contributed by atoms with E-state index in [1.165, 1.54) is 6.07 Å². The Morgan fingerprint density at radius 3 is 2.90 bits per heavy atom. The number of anilines is 2. The van der Waals surface area contributed by atoms with Crippen molar-refractivity contribution in [1.82, 2.24) is 9.97 Å². The van der Waals surface area contributed by atoms with Crippen LogP contribution in [0.4, 0.5) is 11.5 Å². The van der Waals surface area contributed by atoms with E-state index in [0.717, 1.165) is 16.2 Å². The molecule has 0 saturated heterocycles. The van der Waals surface area contributed by atoms with Gasteiger partial charge < -0.3 is 16.0 Å². The molecule has 0 aliphatic heterocycles. The van der Waals surface area contributed by atoms with Crippen molar-refractivity contribution in [2.75, 3.05) is 16.8 Å². The van der Waals surface area contributed by atoms with Gasteiger partial charge in [0, 0.05) is 10.5 Å². The molecule has 0 radical (unpaired) electrons. The van der Waals surface area contributed by atoms with Crippen LogP contribution in [0.15, 0.2) is 44.8 Å². The fraction of sp³-hybridized carbons (Fsp3) is 0.0833. The molecule has 0 spiro atoms. The summed E-state index contributed by atoms with van der Waals surface area (Å²) in [6, 6.07) is 8.48. The predicted octanol–water partition coefficient (Wildman–Crippen LogP) is 1.85. The number of amides is 1. The van der Waals surface area contributed by atoms with E-state index in [4.69, 9.17) is 5.73 Å². The van der Waals surface area contributed by atoms with Gasteiger partial charge >= 0.3 is 0 Å². The summed E-state index contributed by atoms with van der Waals surface area (Å²) in [6.45, 7) is 0. The fourth-order valence-electron chi connectivity index (χ4n) is 1.40. The molecular weight excluding hydrogens is 344 g/mol. The molecule has 2 rings (SSSR count). The summed E-state index contributed by atoms with van der Waals surface area (Å²) in [5.74, 6) is 0.0442. The zero-order chi connectivity index (χ0) is 14.5. The number of thioether (sulfide) groups is 1. The van der Waals surface area contributed by atoms with Crippen molar-refractivity contribution in [3.63, 3.8) is 0 Å². The zero-order valence-corrected chi connectivity index (χ0v) is 12.6. The Hall–Kier alpha value is -1.80. The lowest BCUT2D eigenvalue weighted by molar-refractivity contribution is -0.113. The number of para-hydroxylation sites is 1. The van der Waals surface area contributed by atoms with Crippen molar-refractivity contribution in [3.8, 4) is 0 Å². The zero-order valence-electron chi connectivity index (χ0n) is 10.2. The Morgan fingerprint density at radius 1 is 1.45 bits per heavy atom. The number of benzene rings is 1. The number of aromatic nitrogens is 2. The molecule has 1 aromatic carbocycles. The van der Waals surface area contributed by atoms with Gasteiger partial charge in [-0.15, -0.1) is 0 Å². The van der Waals surface area contributed by atoms with E-state index in [9.17, 15) is 9.59 Å². The van der Waals surface area contributed by atoms with Gasteiger partial charge in [-0.05, 0) is 28.1 Å². The van der Waals surface area contributed by atoms with Crippen LogP contribution in [0.3, 0.4) is 0 Å². The highest BCUT2D eigenvalue weighted by Gasteiger charge is 2.07. The minimum absolute atomic E-state index is 0.119. The van der Waals surface area contributed by atoms with Crippen LogP contribution in [-0.4, -0.2) is 21.6 Å². The van der Waals surface area contributed by atoms with Gasteiger partial charge in [0.05, 0.1) is 11.4 Å². The molecule has 0 aliphatic carbocycles. The summed E-state index contributed by atoms with van der Waals surface area (Å²) in [6.07, 6.45) is 0. The molecule has 0 fully saturated rings. The maximum atomic E-state index is 11.8. The molecule has 0 atom stereocenters. The monoisotopic (exact) mass is 354 g/mol. The molecule has 0 unspecified atom stereocenters. The largest absolute Gasteiger partial charge is 0.383 e. The highest BCUT2D eigenvalue weighted by atomic mass is 79.9. The van der Waals surface area contributed by atoms with Gasteiger partial charge in [-0.25, -0.2) is 4.98 Å². The van der Waals surface area contributed by atoms with E-state index in [1.54, 1.807) is 6.07 Å². The average molecular weight is 355 g/mol. The second-order valence-electron chi connectivity index (χ2n) is 3.79. The molecule has 20 heavy (non-hydrogen) atoms. The number of hydrogen-bond acceptors (Lipinski definition) is 5. The molecule has 1 amide bonds. The number of hydrogen-bond donors (Lipinski definition) is 3. The molecule has 1 heterocycles. The molecule has 0 bridgehead atoms. The highest BCUT2D eigenvalue weighted by molar-refractivity contribution is 9.10. The lowest BCUT2D eigenvalue weighted by atomic mass is 10.3. The summed E-state index contributed by atoms with van der Waals surface area (Å²) in [5, 5.41) is 3.07. The molecule has 1 aromatic heterocycles. The summed E-state index contributed by atoms with van der Waals surface area (Å²) in [7, 11) is 0. The molecule has 6 nitrogen and oxygen atoms in total. The molecule has 8 heteroatoms. The Kier molecular flexibility index (Phi) is 4.80. The SMILES string of the molecule is Nc1cc(=O)[nH]c(SCC(=O)Nc2ccccc2Br)n1. The maximum Gasteiger partial charge on any atom is 0.253 e. The van der Waals surface area contributed by atoms with Gasteiger partial charge in [0.25, 0.3) is 5.56 Å². The first kappa shape index (κ1) is 14.6. The summed E-state index contributed by atoms with van der Waals surface area (Å²) < 4.78 is 0.800. The minimum atomic E-state index is -0.341. The van der Waals surface area contributed by atoms with Gasteiger partial charge in [0.1, 0.15) is 5.82 Å². The quantitative estimate of drug-likeness (QED) is 0.574. The second-order valence-corrected chi connectivity index (χ2v) is 5.61. The van der Waals surface area contributed by atoms with Crippen LogP contribution in [0.2, 0.25) is 0 Å². The molecule has 0 aliphatic rings. The summed E-state index contributed by atoms with van der Waals surface area (Å²) >= 11 is 4.45. The van der Waals surface area contributed by atoms with E-state index in [0.29, 0.717) is 10.8 Å². The van der Waals surface area contributed by atoms with Gasteiger partial charge in [-0.2, -0.15) is 0 Å². The number of nitrogens with zero attached hydrogens (tertiary/aromatic N) is 1. The lowest BCUT2D eigenvalue weighted by Gasteiger charge is -2.06. The third-order valence-electron chi connectivity index (χ3n) is 2.23. The van der Waals surface area contributed by atoms with Crippen LogP contribution in [0.5, 0.6) is 0 Å². The van der Waals surface area contributed by atoms with Gasteiger partial charge in [0.2, 0.25) is 5.91 Å². The van der Waals surface area contributed by atoms with Crippen molar-refractivity contribution in [1.29, 1.82) is 0 Å². The number of nitrogens with one attached hydrogen (secondary N) is 2. The Morgan fingerprint density at radius 2 is 2.20 bits per heavy atom. The van der Waals surface area contributed by atoms with Crippen LogP contribution in [0.1, 0.15) is 0 Å². The summed E-state index contributed by atoms with van der Waals surface area (Å²) in [5.41, 5.74) is 5.80. The van der Waals surface area contributed by atoms with Gasteiger partial charge in [-0.3, -0.25) is 9.59 Å². The fourth-order valence-corrected chi connectivity index (χ4v) is 2.47. The van der Waals surface area contributed by atoms with Crippen LogP contribution in [-0.2, 0) is 4.79 Å². The van der Waals surface area contributed by atoms with Crippen molar-refractivity contribution >= 4 is 45.1 Å². The Labute approximate surface area is 127 Å². The number of rotatable bonds is 4. The van der Waals surface area contributed by atoms with Crippen LogP contribution >= 0.6 is 27.7 Å². The smallest absolute Gasteiger partial charge is 0.253 e. The summed E-state index contributed by atoms with van der Waals surface area (Å²) in [4.78, 5) is 29.4. The van der Waals surface area contributed by atoms with Gasteiger partial charge in [-0.1, -0.05) is 23.9 Å². The number of halogens is 1. The third-order valence-corrected chi connectivity index (χ3v) is 3.79. The number of aromatic amines is 1. The number of carbonyl (C=O) groups is 1. The van der Waals surface area contributed by atoms with Crippen molar-refractivity contribution < 1.29 is 4.79 Å². The first-order valence-corrected chi connectivity index (χ1v) is 7.36. The minimum Gasteiger partial charge on any atom is -0.383 e. The highest BCUT2D eigenvalue weighted by Crippen LogP contribution is 2.21. The van der Waals surface area contributed by atoms with Gasteiger partial charge in [0.15, 0.2) is 5.16 Å². The molecule has 0 saturated carbocycles. The van der Waals surface area contributed by atoms with E-state index in [2.05, 4.69) is 31.2 Å². The van der Waals surface area contributed by atoms with Crippen LogP contribution in [0, 0.1) is 0 Å². The number of carbonyl (C=O) groups excluding carboxylic acids is 1. The van der Waals surface area contributed by atoms with Crippen molar-refractivity contribution in [2.45, 2.75) is 5.16 Å². The van der Waals surface area contributed by atoms with E-state index < -0.39 is 0 Å². The van der Waals surface area contributed by atoms with Crippen LogP contribution < -0.4 is 16.6 Å². The van der Waals surface area contributed by atoms with E-state index in [1.807, 2.05) is 18.2 Å². The molecular formula is C12H11BrN4O2S. The van der Waals surface area contributed by atoms with Crippen molar-refractivity contribution in [2.24, 2.45) is 0 Å². The molecule has 104 valence electrons. The van der Waals surface area contributed by atoms with Crippen molar-refractivity contribution in [3.05, 3.63) is 45.2 Å². The van der Waals surface area contributed by atoms with E-state index >= 15 is 0 Å². The van der Waals surface area contributed by atoms with Crippen LogP contribution in [0.25, 0.3) is 0 Å². The maximum absolute atomic E-state index is 11.8. The molecule has 2 aromatic rings. The first-order chi connectivity index (χ1) is 9.54. The predicted molar refractivity (Wildman–Crippen MR) is 82.8 cm³/mol. The normalized spacial score (nSPS) is 10.2. The second kappa shape index (κ2) is 6.58. The average Bonchev–Trinajstić information content (AvgIpc) is 2.38. The molecule has 4 N–H and O–H groups in total. The topological polar surface area (TPSA) is 101 Å². The standard InChI is InChI=1S/C12H11BrN4O2S/c13-7-3-1-2-4-8(7)15-11(19)6-20-12-16-9(14)5-10(18)17-12/h1-5H,6H2,(H,15,19)(H3,14,16,17,18). The Bertz CT molecular complexity index is 689. The Balaban J connectivity index is 1.96. The number of nitrogens with two attached hydrogens (primary N) is 1. The lowest BCUT2D eigenvalue weighted by Crippen LogP contribution is -2.16. The third kappa shape index (κ3) is 4.10. The number of nitrogen functional groups attached to an aromatic ring is 1. The first-order valence-electron chi connectivity index (χ1n) is 5.58.